The Bertz CT molecular complexity index is 730. The standard InChI is InChI=1S/C18H17F2NO3S/c1-12-5-7-13(8-6-12)25-10-9-17(23)24-11-16(22)21-18-14(19)3-2-4-15(18)20/h2-8H,9-11H2,1H3,(H,21,22). The van der Waals surface area contributed by atoms with Gasteiger partial charge in [-0.3, -0.25) is 9.59 Å². The molecule has 132 valence electrons. The maximum atomic E-state index is 13.4. The number of nitrogens with one attached hydrogen (secondary N) is 1. The van der Waals surface area contributed by atoms with Crippen molar-refractivity contribution in [2.45, 2.75) is 18.2 Å². The molecule has 0 spiro atoms. The highest BCUT2D eigenvalue weighted by Crippen LogP contribution is 2.19. The zero-order valence-electron chi connectivity index (χ0n) is 13.6. The third kappa shape index (κ3) is 6.19. The maximum Gasteiger partial charge on any atom is 0.307 e. The number of hydrogen-bond donors (Lipinski definition) is 1. The summed E-state index contributed by atoms with van der Waals surface area (Å²) in [5.41, 5.74) is 0.597. The normalized spacial score (nSPS) is 10.4. The Hall–Kier alpha value is -2.41. The van der Waals surface area contributed by atoms with E-state index in [2.05, 4.69) is 0 Å². The number of aryl methyl sites for hydroxylation is 1. The summed E-state index contributed by atoms with van der Waals surface area (Å²) in [7, 11) is 0. The van der Waals surface area contributed by atoms with Crippen molar-refractivity contribution in [1.82, 2.24) is 0 Å². The van der Waals surface area contributed by atoms with Crippen molar-refractivity contribution in [3.63, 3.8) is 0 Å². The zero-order valence-corrected chi connectivity index (χ0v) is 14.4. The smallest absolute Gasteiger partial charge is 0.307 e. The molecule has 0 atom stereocenters. The van der Waals surface area contributed by atoms with Gasteiger partial charge in [-0.1, -0.05) is 23.8 Å². The SMILES string of the molecule is Cc1ccc(SCCC(=O)OCC(=O)Nc2c(F)cccc2F)cc1. The van der Waals surface area contributed by atoms with Gasteiger partial charge in [-0.25, -0.2) is 8.78 Å². The molecule has 2 aromatic carbocycles. The molecular weight excluding hydrogens is 348 g/mol. The molecule has 1 amide bonds. The first-order chi connectivity index (χ1) is 12.0. The average molecular weight is 365 g/mol. The minimum absolute atomic E-state index is 0.125. The van der Waals surface area contributed by atoms with Crippen LogP contribution in [0.3, 0.4) is 0 Å². The van der Waals surface area contributed by atoms with Crippen LogP contribution in [0.25, 0.3) is 0 Å². The number of esters is 1. The molecule has 0 saturated carbocycles. The summed E-state index contributed by atoms with van der Waals surface area (Å²) in [6.45, 7) is 1.39. The summed E-state index contributed by atoms with van der Waals surface area (Å²) in [6.07, 6.45) is 0.125. The van der Waals surface area contributed by atoms with Crippen LogP contribution >= 0.6 is 11.8 Å². The molecule has 0 aliphatic heterocycles. The van der Waals surface area contributed by atoms with E-state index in [1.165, 1.54) is 17.8 Å². The fraction of sp³-hybridized carbons (Fsp3) is 0.222. The molecular formula is C18H17F2NO3S. The lowest BCUT2D eigenvalue weighted by molar-refractivity contribution is -0.146. The number of para-hydroxylation sites is 1. The van der Waals surface area contributed by atoms with E-state index in [0.29, 0.717) is 5.75 Å². The van der Waals surface area contributed by atoms with Crippen molar-refractivity contribution >= 4 is 29.3 Å². The monoisotopic (exact) mass is 365 g/mol. The van der Waals surface area contributed by atoms with E-state index in [9.17, 15) is 18.4 Å². The second-order valence-corrected chi connectivity index (χ2v) is 6.39. The third-order valence-electron chi connectivity index (χ3n) is 3.19. The molecule has 2 rings (SSSR count). The fourth-order valence-corrected chi connectivity index (χ4v) is 2.73. The molecule has 4 nitrogen and oxygen atoms in total. The maximum absolute atomic E-state index is 13.4. The number of anilines is 1. The molecule has 0 saturated heterocycles. The first-order valence-corrected chi connectivity index (χ1v) is 8.53. The summed E-state index contributed by atoms with van der Waals surface area (Å²) in [5.74, 6) is -2.64. The Balaban J connectivity index is 1.70. The van der Waals surface area contributed by atoms with Gasteiger partial charge in [0.1, 0.15) is 17.3 Å². The summed E-state index contributed by atoms with van der Waals surface area (Å²) < 4.78 is 31.6. The molecule has 0 aliphatic rings. The Morgan fingerprint density at radius 1 is 1.08 bits per heavy atom. The Morgan fingerprint density at radius 2 is 1.72 bits per heavy atom. The van der Waals surface area contributed by atoms with Gasteiger partial charge in [-0.2, -0.15) is 0 Å². The van der Waals surface area contributed by atoms with E-state index in [4.69, 9.17) is 4.74 Å². The van der Waals surface area contributed by atoms with Crippen LogP contribution < -0.4 is 5.32 Å². The summed E-state index contributed by atoms with van der Waals surface area (Å²) in [5, 5.41) is 2.05. The number of carbonyl (C=O) groups excluding carboxylic acids is 2. The molecule has 2 aromatic rings. The van der Waals surface area contributed by atoms with Gasteiger partial charge in [0.25, 0.3) is 5.91 Å². The van der Waals surface area contributed by atoms with Gasteiger partial charge in [-0.15, -0.1) is 11.8 Å². The molecule has 0 aliphatic carbocycles. The lowest BCUT2D eigenvalue weighted by Gasteiger charge is -2.08. The fourth-order valence-electron chi connectivity index (χ4n) is 1.90. The van der Waals surface area contributed by atoms with E-state index in [-0.39, 0.29) is 6.42 Å². The van der Waals surface area contributed by atoms with Crippen molar-refractivity contribution in [3.8, 4) is 0 Å². The van der Waals surface area contributed by atoms with Crippen LogP contribution in [0.4, 0.5) is 14.5 Å². The molecule has 0 heterocycles. The van der Waals surface area contributed by atoms with Crippen LogP contribution in [0.2, 0.25) is 0 Å². The van der Waals surface area contributed by atoms with Gasteiger partial charge in [0.15, 0.2) is 6.61 Å². The minimum atomic E-state index is -0.894. The number of ether oxygens (including phenoxy) is 1. The van der Waals surface area contributed by atoms with E-state index < -0.39 is 35.8 Å². The molecule has 1 N–H and O–H groups in total. The molecule has 0 radical (unpaired) electrons. The van der Waals surface area contributed by atoms with E-state index in [1.54, 1.807) is 0 Å². The largest absolute Gasteiger partial charge is 0.456 e. The van der Waals surface area contributed by atoms with E-state index in [0.717, 1.165) is 22.6 Å². The van der Waals surface area contributed by atoms with Crippen LogP contribution in [0.15, 0.2) is 47.4 Å². The second-order valence-electron chi connectivity index (χ2n) is 5.22. The lowest BCUT2D eigenvalue weighted by Crippen LogP contribution is -2.22. The molecule has 0 fully saturated rings. The second kappa shape index (κ2) is 9.17. The lowest BCUT2D eigenvalue weighted by atomic mass is 10.2. The van der Waals surface area contributed by atoms with Gasteiger partial charge in [0.2, 0.25) is 0 Å². The highest BCUT2D eigenvalue weighted by atomic mass is 32.2. The first-order valence-electron chi connectivity index (χ1n) is 7.54. The van der Waals surface area contributed by atoms with Gasteiger partial charge in [-0.05, 0) is 31.2 Å². The number of thioether (sulfide) groups is 1. The summed E-state index contributed by atoms with van der Waals surface area (Å²) in [4.78, 5) is 24.3. The molecule has 0 unspecified atom stereocenters. The van der Waals surface area contributed by atoms with Crippen LogP contribution in [0, 0.1) is 18.6 Å². The van der Waals surface area contributed by atoms with Crippen molar-refractivity contribution in [2.75, 3.05) is 17.7 Å². The summed E-state index contributed by atoms with van der Waals surface area (Å²) in [6, 6.07) is 11.1. The number of halogens is 2. The Morgan fingerprint density at radius 3 is 2.36 bits per heavy atom. The zero-order chi connectivity index (χ0) is 18.2. The Labute approximate surface area is 148 Å². The van der Waals surface area contributed by atoms with Crippen molar-refractivity contribution in [1.29, 1.82) is 0 Å². The highest BCUT2D eigenvalue weighted by Gasteiger charge is 2.13. The van der Waals surface area contributed by atoms with Crippen molar-refractivity contribution < 1.29 is 23.1 Å². The van der Waals surface area contributed by atoms with E-state index >= 15 is 0 Å². The van der Waals surface area contributed by atoms with Crippen LogP contribution in [0.1, 0.15) is 12.0 Å². The van der Waals surface area contributed by atoms with Crippen LogP contribution in [-0.2, 0) is 14.3 Å². The quantitative estimate of drug-likeness (QED) is 0.597. The molecule has 0 bridgehead atoms. The van der Waals surface area contributed by atoms with Crippen LogP contribution in [-0.4, -0.2) is 24.2 Å². The number of benzene rings is 2. The third-order valence-corrected chi connectivity index (χ3v) is 4.20. The predicted molar refractivity (Wildman–Crippen MR) is 92.5 cm³/mol. The number of hydrogen-bond acceptors (Lipinski definition) is 4. The van der Waals surface area contributed by atoms with Gasteiger partial charge in [0, 0.05) is 10.6 Å². The number of rotatable bonds is 7. The van der Waals surface area contributed by atoms with Gasteiger partial charge >= 0.3 is 5.97 Å². The van der Waals surface area contributed by atoms with E-state index in [1.807, 2.05) is 36.5 Å². The number of carbonyl (C=O) groups is 2. The molecule has 0 aromatic heterocycles. The first kappa shape index (κ1) is 18.9. The minimum Gasteiger partial charge on any atom is -0.456 e. The Kier molecular flexibility index (Phi) is 6.94. The van der Waals surface area contributed by atoms with Gasteiger partial charge in [0.05, 0.1) is 6.42 Å². The van der Waals surface area contributed by atoms with Crippen LogP contribution in [0.5, 0.6) is 0 Å². The molecule has 25 heavy (non-hydrogen) atoms. The molecule has 7 heteroatoms. The van der Waals surface area contributed by atoms with Crippen molar-refractivity contribution in [3.05, 3.63) is 59.7 Å². The summed E-state index contributed by atoms with van der Waals surface area (Å²) >= 11 is 1.50. The average Bonchev–Trinajstić information content (AvgIpc) is 2.58. The van der Waals surface area contributed by atoms with Crippen molar-refractivity contribution in [2.24, 2.45) is 0 Å². The predicted octanol–water partition coefficient (Wildman–Crippen LogP) is 3.94. The van der Waals surface area contributed by atoms with Gasteiger partial charge < -0.3 is 10.1 Å². The number of amides is 1. The topological polar surface area (TPSA) is 55.4 Å². The highest BCUT2D eigenvalue weighted by molar-refractivity contribution is 7.99.